The monoisotopic (exact) mass is 476 g/mol. The van der Waals surface area contributed by atoms with Crippen molar-refractivity contribution in [3.8, 4) is 0 Å². The zero-order valence-electron chi connectivity index (χ0n) is 18.4. The molecule has 0 aliphatic heterocycles. The largest absolute Gasteiger partial charge is 0.353 e. The molecule has 1 aromatic carbocycles. The van der Waals surface area contributed by atoms with Gasteiger partial charge in [-0.05, 0) is 51.0 Å². The van der Waals surface area contributed by atoms with Crippen LogP contribution in [0, 0.1) is 0 Å². The van der Waals surface area contributed by atoms with E-state index in [-0.39, 0.29) is 42.8 Å². The molecule has 0 unspecified atom stereocenters. The van der Waals surface area contributed by atoms with Gasteiger partial charge in [-0.25, -0.2) is 4.98 Å². The Morgan fingerprint density at radius 2 is 1.81 bits per heavy atom. The van der Waals surface area contributed by atoms with Gasteiger partial charge in [-0.1, -0.05) is 30.9 Å². The van der Waals surface area contributed by atoms with Gasteiger partial charge in [0.25, 0.3) is 5.91 Å². The molecule has 1 aliphatic carbocycles. The molecule has 3 rings (SSSR count). The van der Waals surface area contributed by atoms with E-state index in [1.807, 2.05) is 13.8 Å². The first kappa shape index (κ1) is 24.2. The van der Waals surface area contributed by atoms with Crippen LogP contribution in [0.1, 0.15) is 62.0 Å². The number of anilines is 1. The molecule has 9 heteroatoms. The molecule has 0 atom stereocenters. The number of rotatable bonds is 8. The van der Waals surface area contributed by atoms with Gasteiger partial charge in [0.2, 0.25) is 11.8 Å². The van der Waals surface area contributed by atoms with Crippen LogP contribution in [0.25, 0.3) is 0 Å². The van der Waals surface area contributed by atoms with Crippen molar-refractivity contribution >= 4 is 45.8 Å². The van der Waals surface area contributed by atoms with Gasteiger partial charge in [0.05, 0.1) is 12.1 Å². The SMILES string of the molecule is CC(C)N(CC(=O)Nc1nc(CC(=O)NC2CCCCC2)cs1)C(=O)c1ccc(Cl)cc1. The predicted octanol–water partition coefficient (Wildman–Crippen LogP) is 4.28. The summed E-state index contributed by atoms with van der Waals surface area (Å²) in [6, 6.07) is 6.67. The molecule has 2 aromatic rings. The maximum absolute atomic E-state index is 12.8. The standard InChI is InChI=1S/C23H29ClN4O3S/c1-15(2)28(22(31)16-8-10-17(24)11-9-16)13-21(30)27-23-26-19(14-32-23)12-20(29)25-18-6-4-3-5-7-18/h8-11,14-15,18H,3-7,12-13H2,1-2H3,(H,25,29)(H,26,27,30). The zero-order valence-corrected chi connectivity index (χ0v) is 20.0. The third kappa shape index (κ3) is 7.03. The smallest absolute Gasteiger partial charge is 0.254 e. The van der Waals surface area contributed by atoms with Crippen molar-refractivity contribution in [3.05, 3.63) is 45.9 Å². The van der Waals surface area contributed by atoms with Crippen molar-refractivity contribution in [2.45, 2.75) is 64.5 Å². The summed E-state index contributed by atoms with van der Waals surface area (Å²) in [7, 11) is 0. The Balaban J connectivity index is 1.53. The van der Waals surface area contributed by atoms with Crippen molar-refractivity contribution in [2.24, 2.45) is 0 Å². The van der Waals surface area contributed by atoms with E-state index in [1.54, 1.807) is 29.6 Å². The molecule has 1 fully saturated rings. The predicted molar refractivity (Wildman–Crippen MR) is 127 cm³/mol. The summed E-state index contributed by atoms with van der Waals surface area (Å²) < 4.78 is 0. The normalized spacial score (nSPS) is 14.2. The van der Waals surface area contributed by atoms with E-state index >= 15 is 0 Å². The van der Waals surface area contributed by atoms with E-state index in [1.165, 1.54) is 22.7 Å². The molecule has 32 heavy (non-hydrogen) atoms. The van der Waals surface area contributed by atoms with Gasteiger partial charge in [-0.15, -0.1) is 11.3 Å². The molecule has 1 heterocycles. The first-order valence-electron chi connectivity index (χ1n) is 10.9. The van der Waals surface area contributed by atoms with Gasteiger partial charge in [-0.2, -0.15) is 0 Å². The van der Waals surface area contributed by atoms with Crippen LogP contribution < -0.4 is 10.6 Å². The van der Waals surface area contributed by atoms with Crippen LogP contribution >= 0.6 is 22.9 Å². The summed E-state index contributed by atoms with van der Waals surface area (Å²) in [4.78, 5) is 43.5. The number of carbonyl (C=O) groups excluding carboxylic acids is 3. The molecule has 172 valence electrons. The third-order valence-electron chi connectivity index (χ3n) is 5.40. The van der Waals surface area contributed by atoms with Crippen molar-refractivity contribution in [1.29, 1.82) is 0 Å². The Bertz CT molecular complexity index is 939. The molecule has 3 amide bonds. The average molecular weight is 477 g/mol. The Labute approximate surface area is 197 Å². The highest BCUT2D eigenvalue weighted by atomic mass is 35.5. The van der Waals surface area contributed by atoms with Gasteiger partial charge in [-0.3, -0.25) is 14.4 Å². The number of nitrogens with one attached hydrogen (secondary N) is 2. The second kappa shape index (κ2) is 11.4. The number of aromatic nitrogens is 1. The van der Waals surface area contributed by atoms with E-state index in [0.717, 1.165) is 25.7 Å². The fraction of sp³-hybridized carbons (Fsp3) is 0.478. The van der Waals surface area contributed by atoms with Gasteiger partial charge >= 0.3 is 0 Å². The van der Waals surface area contributed by atoms with Gasteiger partial charge in [0, 0.05) is 28.0 Å². The topological polar surface area (TPSA) is 91.4 Å². The Morgan fingerprint density at radius 1 is 1.12 bits per heavy atom. The number of thiazole rings is 1. The maximum atomic E-state index is 12.8. The Morgan fingerprint density at radius 3 is 2.47 bits per heavy atom. The summed E-state index contributed by atoms with van der Waals surface area (Å²) >= 11 is 7.16. The van der Waals surface area contributed by atoms with Crippen LogP contribution in [0.3, 0.4) is 0 Å². The lowest BCUT2D eigenvalue weighted by Gasteiger charge is -2.26. The lowest BCUT2D eigenvalue weighted by atomic mass is 9.95. The lowest BCUT2D eigenvalue weighted by Crippen LogP contribution is -2.42. The molecular weight excluding hydrogens is 448 g/mol. The number of carbonyl (C=O) groups is 3. The van der Waals surface area contributed by atoms with Gasteiger partial charge in [0.1, 0.15) is 6.54 Å². The highest BCUT2D eigenvalue weighted by Gasteiger charge is 2.22. The fourth-order valence-corrected chi connectivity index (χ4v) is 4.55. The van der Waals surface area contributed by atoms with E-state index in [0.29, 0.717) is 21.4 Å². The summed E-state index contributed by atoms with van der Waals surface area (Å²) in [6.45, 7) is 3.61. The summed E-state index contributed by atoms with van der Waals surface area (Å²) in [5.74, 6) is -0.626. The third-order valence-corrected chi connectivity index (χ3v) is 6.46. The number of benzene rings is 1. The number of hydrogen-bond acceptors (Lipinski definition) is 5. The van der Waals surface area contributed by atoms with Crippen LogP contribution in [0.4, 0.5) is 5.13 Å². The number of amides is 3. The average Bonchev–Trinajstić information content (AvgIpc) is 3.19. The minimum atomic E-state index is -0.339. The second-order valence-electron chi connectivity index (χ2n) is 8.31. The molecule has 0 saturated heterocycles. The molecule has 0 bridgehead atoms. The summed E-state index contributed by atoms with van der Waals surface area (Å²) in [5, 5.41) is 8.54. The molecule has 7 nitrogen and oxygen atoms in total. The molecule has 2 N–H and O–H groups in total. The summed E-state index contributed by atoms with van der Waals surface area (Å²) in [6.07, 6.45) is 5.81. The Hall–Kier alpha value is -2.45. The summed E-state index contributed by atoms with van der Waals surface area (Å²) in [5.41, 5.74) is 1.09. The number of nitrogens with zero attached hydrogens (tertiary/aromatic N) is 2. The van der Waals surface area contributed by atoms with Crippen LogP contribution in [-0.2, 0) is 16.0 Å². The van der Waals surface area contributed by atoms with Crippen LogP contribution in [0.5, 0.6) is 0 Å². The molecule has 1 aliphatic rings. The van der Waals surface area contributed by atoms with Crippen LogP contribution in [0.2, 0.25) is 5.02 Å². The second-order valence-corrected chi connectivity index (χ2v) is 9.60. The fourth-order valence-electron chi connectivity index (χ4n) is 3.70. The quantitative estimate of drug-likeness (QED) is 0.595. The molecule has 1 saturated carbocycles. The highest BCUT2D eigenvalue weighted by molar-refractivity contribution is 7.13. The first-order valence-corrected chi connectivity index (χ1v) is 12.2. The van der Waals surface area contributed by atoms with Gasteiger partial charge < -0.3 is 15.5 Å². The van der Waals surface area contributed by atoms with Crippen LogP contribution in [-0.4, -0.2) is 46.2 Å². The number of halogens is 1. The highest BCUT2D eigenvalue weighted by Crippen LogP contribution is 2.19. The molecular formula is C23H29ClN4O3S. The zero-order chi connectivity index (χ0) is 23.1. The van der Waals surface area contributed by atoms with E-state index in [4.69, 9.17) is 11.6 Å². The van der Waals surface area contributed by atoms with E-state index in [9.17, 15) is 14.4 Å². The minimum Gasteiger partial charge on any atom is -0.353 e. The van der Waals surface area contributed by atoms with Crippen molar-refractivity contribution in [2.75, 3.05) is 11.9 Å². The van der Waals surface area contributed by atoms with E-state index < -0.39 is 0 Å². The van der Waals surface area contributed by atoms with Crippen molar-refractivity contribution < 1.29 is 14.4 Å². The molecule has 0 spiro atoms. The van der Waals surface area contributed by atoms with Crippen molar-refractivity contribution in [3.63, 3.8) is 0 Å². The molecule has 1 aromatic heterocycles. The van der Waals surface area contributed by atoms with Crippen molar-refractivity contribution in [1.82, 2.24) is 15.2 Å². The van der Waals surface area contributed by atoms with Gasteiger partial charge in [0.15, 0.2) is 5.13 Å². The minimum absolute atomic E-state index is 0.0420. The first-order chi connectivity index (χ1) is 15.3. The van der Waals surface area contributed by atoms with Crippen LogP contribution in [0.15, 0.2) is 29.6 Å². The molecule has 0 radical (unpaired) electrons. The Kier molecular flexibility index (Phi) is 8.64. The lowest BCUT2D eigenvalue weighted by molar-refractivity contribution is -0.121. The van der Waals surface area contributed by atoms with E-state index in [2.05, 4.69) is 15.6 Å². The maximum Gasteiger partial charge on any atom is 0.254 e. The number of hydrogen-bond donors (Lipinski definition) is 2.